The molecule has 34 heavy (non-hydrogen) atoms. The van der Waals surface area contributed by atoms with E-state index in [9.17, 15) is 9.59 Å². The van der Waals surface area contributed by atoms with E-state index in [2.05, 4.69) is 12.2 Å². The summed E-state index contributed by atoms with van der Waals surface area (Å²) in [6.07, 6.45) is 6.57. The van der Waals surface area contributed by atoms with Crippen LogP contribution in [0.15, 0.2) is 33.6 Å². The average Bonchev–Trinajstić information content (AvgIpc) is 3.44. The molecule has 0 bridgehead atoms. The van der Waals surface area contributed by atoms with Crippen molar-refractivity contribution in [1.82, 2.24) is 9.88 Å². The minimum atomic E-state index is -0.546. The van der Waals surface area contributed by atoms with E-state index >= 15 is 0 Å². The average molecular weight is 485 g/mol. The summed E-state index contributed by atoms with van der Waals surface area (Å²) in [5, 5.41) is 0. The van der Waals surface area contributed by atoms with Gasteiger partial charge in [-0.3, -0.25) is 0 Å². The number of thioether (sulfide) groups is 1. The summed E-state index contributed by atoms with van der Waals surface area (Å²) >= 11 is 1.53. The Kier molecular flexibility index (Phi) is 7.07. The Hall–Kier alpha value is -2.74. The van der Waals surface area contributed by atoms with Crippen LogP contribution in [0, 0.1) is 6.92 Å². The van der Waals surface area contributed by atoms with E-state index in [1.54, 1.807) is 4.90 Å². The number of methoxy groups -OCH3 is 1. The van der Waals surface area contributed by atoms with Gasteiger partial charge in [-0.25, -0.2) is 14.6 Å². The Morgan fingerprint density at radius 3 is 2.62 bits per heavy atom. The highest BCUT2D eigenvalue weighted by atomic mass is 32.2. The molecule has 0 unspecified atom stereocenters. The lowest BCUT2D eigenvalue weighted by Gasteiger charge is -2.31. The SMILES string of the molecule is COC(=O)c1cc2c(cc1SCc1nc(C3CC=CC3)oc1C)CN(C(=O)OC(C)(C)C)CC2. The lowest BCUT2D eigenvalue weighted by molar-refractivity contribution is 0.0223. The number of hydrogen-bond acceptors (Lipinski definition) is 7. The molecule has 1 amide bonds. The molecule has 2 aliphatic rings. The molecule has 1 aromatic heterocycles. The van der Waals surface area contributed by atoms with Crippen LogP contribution in [-0.4, -0.2) is 41.2 Å². The first-order valence-corrected chi connectivity index (χ1v) is 12.6. The Bertz CT molecular complexity index is 1110. The van der Waals surface area contributed by atoms with Crippen molar-refractivity contribution in [3.63, 3.8) is 0 Å². The van der Waals surface area contributed by atoms with E-state index in [0.29, 0.717) is 36.7 Å². The number of hydrogen-bond donors (Lipinski definition) is 0. The van der Waals surface area contributed by atoms with Crippen molar-refractivity contribution in [3.05, 3.63) is 58.3 Å². The van der Waals surface area contributed by atoms with E-state index in [-0.39, 0.29) is 12.1 Å². The lowest BCUT2D eigenvalue weighted by Crippen LogP contribution is -2.40. The Labute approximate surface area is 204 Å². The monoisotopic (exact) mass is 484 g/mol. The number of esters is 1. The smallest absolute Gasteiger partial charge is 0.410 e. The summed E-state index contributed by atoms with van der Waals surface area (Å²) in [4.78, 5) is 32.4. The van der Waals surface area contributed by atoms with Gasteiger partial charge < -0.3 is 18.8 Å². The summed E-state index contributed by atoms with van der Waals surface area (Å²) < 4.78 is 16.5. The van der Waals surface area contributed by atoms with Crippen molar-refractivity contribution in [1.29, 1.82) is 0 Å². The van der Waals surface area contributed by atoms with Crippen molar-refractivity contribution in [2.45, 2.75) is 75.7 Å². The van der Waals surface area contributed by atoms with Crippen LogP contribution < -0.4 is 0 Å². The van der Waals surface area contributed by atoms with Crippen LogP contribution in [-0.2, 0) is 28.2 Å². The largest absolute Gasteiger partial charge is 0.465 e. The first kappa shape index (κ1) is 24.4. The van der Waals surface area contributed by atoms with Gasteiger partial charge in [0.2, 0.25) is 0 Å². The predicted octanol–water partition coefficient (Wildman–Crippen LogP) is 5.79. The third kappa shape index (κ3) is 5.49. The highest BCUT2D eigenvalue weighted by molar-refractivity contribution is 7.98. The number of ether oxygens (including phenoxy) is 2. The van der Waals surface area contributed by atoms with Gasteiger partial charge in [-0.15, -0.1) is 11.8 Å². The first-order valence-electron chi connectivity index (χ1n) is 11.6. The zero-order chi connectivity index (χ0) is 24.5. The van der Waals surface area contributed by atoms with E-state index in [1.165, 1.54) is 18.9 Å². The molecule has 8 heteroatoms. The third-order valence-electron chi connectivity index (χ3n) is 6.00. The molecule has 182 valence electrons. The van der Waals surface area contributed by atoms with Gasteiger partial charge in [-0.1, -0.05) is 12.2 Å². The van der Waals surface area contributed by atoms with Crippen LogP contribution in [0.5, 0.6) is 0 Å². The second-order valence-corrected chi connectivity index (χ2v) is 10.8. The van der Waals surface area contributed by atoms with E-state index in [1.807, 2.05) is 39.8 Å². The number of allylic oxidation sites excluding steroid dienone is 2. The number of oxazole rings is 1. The molecule has 1 aromatic carbocycles. The molecule has 0 fully saturated rings. The van der Waals surface area contributed by atoms with Crippen LogP contribution in [0.3, 0.4) is 0 Å². The van der Waals surface area contributed by atoms with Crippen molar-refractivity contribution in [3.8, 4) is 0 Å². The molecular formula is C26H32N2O5S. The molecule has 7 nitrogen and oxygen atoms in total. The number of rotatable bonds is 5. The number of nitrogens with zero attached hydrogens (tertiary/aromatic N) is 2. The number of aromatic nitrogens is 1. The third-order valence-corrected chi connectivity index (χ3v) is 7.07. The number of aryl methyl sites for hydroxylation is 1. The van der Waals surface area contributed by atoms with Gasteiger partial charge >= 0.3 is 12.1 Å². The Balaban J connectivity index is 1.54. The first-order chi connectivity index (χ1) is 16.1. The maximum Gasteiger partial charge on any atom is 0.410 e. The van der Waals surface area contributed by atoms with Gasteiger partial charge in [0.15, 0.2) is 5.89 Å². The van der Waals surface area contributed by atoms with Crippen LogP contribution in [0.2, 0.25) is 0 Å². The molecule has 0 atom stereocenters. The number of fused-ring (bicyclic) bond motifs is 1. The Morgan fingerprint density at radius 2 is 1.94 bits per heavy atom. The molecule has 2 heterocycles. The van der Waals surface area contributed by atoms with Crippen molar-refractivity contribution in [2.75, 3.05) is 13.7 Å². The van der Waals surface area contributed by atoms with Gasteiger partial charge in [-0.2, -0.15) is 0 Å². The molecule has 0 saturated carbocycles. The van der Waals surface area contributed by atoms with Gasteiger partial charge in [0.05, 0.1) is 18.4 Å². The van der Waals surface area contributed by atoms with Crippen LogP contribution in [0.25, 0.3) is 0 Å². The summed E-state index contributed by atoms with van der Waals surface area (Å²) in [7, 11) is 1.39. The second-order valence-electron chi connectivity index (χ2n) is 9.74. The van der Waals surface area contributed by atoms with E-state index in [0.717, 1.165) is 46.2 Å². The Morgan fingerprint density at radius 1 is 1.21 bits per heavy atom. The maximum atomic E-state index is 12.6. The van der Waals surface area contributed by atoms with Crippen LogP contribution >= 0.6 is 11.8 Å². The highest BCUT2D eigenvalue weighted by Crippen LogP contribution is 2.35. The van der Waals surface area contributed by atoms with Crippen LogP contribution in [0.1, 0.15) is 78.4 Å². The number of carbonyl (C=O) groups is 2. The van der Waals surface area contributed by atoms with Gasteiger partial charge in [0.25, 0.3) is 0 Å². The summed E-state index contributed by atoms with van der Waals surface area (Å²) in [5.74, 6) is 2.11. The van der Waals surface area contributed by atoms with Crippen molar-refractivity contribution in [2.24, 2.45) is 0 Å². The second kappa shape index (κ2) is 9.86. The molecule has 0 saturated heterocycles. The molecule has 0 spiro atoms. The van der Waals surface area contributed by atoms with E-state index in [4.69, 9.17) is 18.9 Å². The zero-order valence-corrected chi connectivity index (χ0v) is 21.3. The minimum absolute atomic E-state index is 0.311. The van der Waals surface area contributed by atoms with Crippen molar-refractivity contribution >= 4 is 23.8 Å². The topological polar surface area (TPSA) is 81.9 Å². The number of amides is 1. The van der Waals surface area contributed by atoms with Gasteiger partial charge in [0, 0.05) is 29.7 Å². The van der Waals surface area contributed by atoms with Crippen LogP contribution in [0.4, 0.5) is 4.79 Å². The summed E-state index contributed by atoms with van der Waals surface area (Å²) in [6.45, 7) is 8.51. The van der Waals surface area contributed by atoms with Gasteiger partial charge in [0.1, 0.15) is 11.4 Å². The van der Waals surface area contributed by atoms with Crippen molar-refractivity contribution < 1.29 is 23.5 Å². The normalized spacial score (nSPS) is 16.0. The quantitative estimate of drug-likeness (QED) is 0.302. The lowest BCUT2D eigenvalue weighted by atomic mass is 9.97. The standard InChI is InChI=1S/C26H32N2O5S/c1-16-21(27-23(32-16)17-8-6-7-9-17)15-34-22-13-19-14-28(25(30)33-26(2,3)4)11-10-18(19)12-20(22)24(29)31-5/h6-7,12-13,17H,8-11,14-15H2,1-5H3. The molecule has 2 aromatic rings. The maximum absolute atomic E-state index is 12.6. The minimum Gasteiger partial charge on any atom is -0.465 e. The molecule has 1 aliphatic heterocycles. The number of benzene rings is 1. The fourth-order valence-electron chi connectivity index (χ4n) is 4.18. The fraction of sp³-hybridized carbons (Fsp3) is 0.500. The predicted molar refractivity (Wildman–Crippen MR) is 130 cm³/mol. The zero-order valence-electron chi connectivity index (χ0n) is 20.5. The molecule has 0 radical (unpaired) electrons. The molecular weight excluding hydrogens is 452 g/mol. The highest BCUT2D eigenvalue weighted by Gasteiger charge is 2.28. The molecule has 4 rings (SSSR count). The van der Waals surface area contributed by atoms with Gasteiger partial charge in [-0.05, 0) is 70.2 Å². The van der Waals surface area contributed by atoms with E-state index < -0.39 is 5.60 Å². The summed E-state index contributed by atoms with van der Waals surface area (Å²) in [6, 6.07) is 3.90. The molecule has 0 N–H and O–H groups in total. The fourth-order valence-corrected chi connectivity index (χ4v) is 5.27. The summed E-state index contributed by atoms with van der Waals surface area (Å²) in [5.41, 5.74) is 2.95. The number of carbonyl (C=O) groups excluding carboxylic acids is 2. The molecule has 1 aliphatic carbocycles.